The molecule has 4 aromatic rings. The lowest BCUT2D eigenvalue weighted by atomic mass is 10.1. The molecule has 0 spiro atoms. The number of aryl methyl sites for hydroxylation is 1. The number of anilines is 1. The fourth-order valence-electron chi connectivity index (χ4n) is 3.91. The Kier molecular flexibility index (Phi) is 8.16. The highest BCUT2D eigenvalue weighted by Gasteiger charge is 2.18. The number of carbonyl (C=O) groups is 2. The number of nitrogens with one attached hydrogen (secondary N) is 1. The first kappa shape index (κ1) is 26.3. The molecule has 0 aliphatic rings. The predicted molar refractivity (Wildman–Crippen MR) is 144 cm³/mol. The van der Waals surface area contributed by atoms with Crippen LogP contribution in [-0.2, 0) is 17.9 Å². The molecule has 0 atom stereocenters. The van der Waals surface area contributed by atoms with Crippen molar-refractivity contribution in [3.05, 3.63) is 110 Å². The van der Waals surface area contributed by atoms with E-state index in [4.69, 9.17) is 32.7 Å². The highest BCUT2D eigenvalue weighted by Crippen LogP contribution is 2.32. The van der Waals surface area contributed by atoms with Gasteiger partial charge in [0.2, 0.25) is 0 Å². The zero-order valence-electron chi connectivity index (χ0n) is 20.5. The predicted octanol–water partition coefficient (Wildman–Crippen LogP) is 6.47. The van der Waals surface area contributed by atoms with Gasteiger partial charge in [0.05, 0.1) is 41.3 Å². The standard InChI is InChI=1S/C28H25Cl2N3O4/c1-17-26(18(2)33(32-17)15-21-9-4-5-11-22(21)28(35)36-3)31-27(34)20-10-6-8-19(14-20)16-37-24-13-7-12-23(29)25(24)30/h4-14H,15-16H2,1-3H3,(H,31,34). The lowest BCUT2D eigenvalue weighted by Crippen LogP contribution is -2.14. The van der Waals surface area contributed by atoms with Crippen LogP contribution in [0.2, 0.25) is 10.0 Å². The number of halogens is 2. The summed E-state index contributed by atoms with van der Waals surface area (Å²) in [6.45, 7) is 4.27. The van der Waals surface area contributed by atoms with E-state index in [0.29, 0.717) is 44.8 Å². The van der Waals surface area contributed by atoms with Crippen molar-refractivity contribution in [2.24, 2.45) is 0 Å². The van der Waals surface area contributed by atoms with Crippen LogP contribution in [0.3, 0.4) is 0 Å². The van der Waals surface area contributed by atoms with Gasteiger partial charge in [-0.2, -0.15) is 5.10 Å². The topological polar surface area (TPSA) is 82.5 Å². The molecular weight excluding hydrogens is 513 g/mol. The molecule has 1 amide bonds. The van der Waals surface area contributed by atoms with E-state index in [1.54, 1.807) is 53.2 Å². The quantitative estimate of drug-likeness (QED) is 0.260. The normalized spacial score (nSPS) is 10.7. The summed E-state index contributed by atoms with van der Waals surface area (Å²) in [7, 11) is 1.35. The number of hydrogen-bond acceptors (Lipinski definition) is 5. The van der Waals surface area contributed by atoms with E-state index in [1.807, 2.05) is 32.0 Å². The van der Waals surface area contributed by atoms with E-state index in [9.17, 15) is 9.59 Å². The zero-order valence-corrected chi connectivity index (χ0v) is 22.1. The van der Waals surface area contributed by atoms with Gasteiger partial charge < -0.3 is 14.8 Å². The summed E-state index contributed by atoms with van der Waals surface area (Å²) in [6.07, 6.45) is 0. The van der Waals surface area contributed by atoms with Crippen molar-refractivity contribution in [1.29, 1.82) is 0 Å². The summed E-state index contributed by atoms with van der Waals surface area (Å²) in [6, 6.07) is 19.5. The molecule has 1 N–H and O–H groups in total. The molecule has 0 saturated carbocycles. The van der Waals surface area contributed by atoms with E-state index in [2.05, 4.69) is 10.4 Å². The Bertz CT molecular complexity index is 1470. The van der Waals surface area contributed by atoms with Crippen LogP contribution in [0, 0.1) is 13.8 Å². The summed E-state index contributed by atoms with van der Waals surface area (Å²) < 4.78 is 12.4. The summed E-state index contributed by atoms with van der Waals surface area (Å²) in [5.74, 6) is -0.216. The molecule has 7 nitrogen and oxygen atoms in total. The maximum atomic E-state index is 13.1. The largest absolute Gasteiger partial charge is 0.487 e. The van der Waals surface area contributed by atoms with Crippen LogP contribution in [0.4, 0.5) is 5.69 Å². The Morgan fingerprint density at radius 2 is 1.76 bits per heavy atom. The van der Waals surface area contributed by atoms with Crippen molar-refractivity contribution in [2.45, 2.75) is 27.0 Å². The Hall–Kier alpha value is -3.81. The van der Waals surface area contributed by atoms with Gasteiger partial charge >= 0.3 is 5.97 Å². The SMILES string of the molecule is COC(=O)c1ccccc1Cn1nc(C)c(NC(=O)c2cccc(COc3cccc(Cl)c3Cl)c2)c1C. The number of hydrogen-bond donors (Lipinski definition) is 1. The summed E-state index contributed by atoms with van der Waals surface area (Å²) in [4.78, 5) is 25.2. The lowest BCUT2D eigenvalue weighted by Gasteiger charge is -2.11. The molecule has 0 aliphatic heterocycles. The average molecular weight is 538 g/mol. The van der Waals surface area contributed by atoms with Gasteiger partial charge in [0.25, 0.3) is 5.91 Å². The second kappa shape index (κ2) is 11.5. The van der Waals surface area contributed by atoms with Gasteiger partial charge in [0.1, 0.15) is 17.4 Å². The fourth-order valence-corrected chi connectivity index (χ4v) is 4.25. The molecule has 3 aromatic carbocycles. The second-order valence-electron chi connectivity index (χ2n) is 8.35. The van der Waals surface area contributed by atoms with Crippen molar-refractivity contribution >= 4 is 40.8 Å². The number of rotatable bonds is 8. The Morgan fingerprint density at radius 1 is 1.00 bits per heavy atom. The van der Waals surface area contributed by atoms with E-state index in [1.165, 1.54) is 7.11 Å². The van der Waals surface area contributed by atoms with Gasteiger partial charge in [0.15, 0.2) is 0 Å². The van der Waals surface area contributed by atoms with E-state index < -0.39 is 5.97 Å². The number of nitrogens with zero attached hydrogens (tertiary/aromatic N) is 2. The van der Waals surface area contributed by atoms with Crippen molar-refractivity contribution in [3.63, 3.8) is 0 Å². The Balaban J connectivity index is 1.49. The third-order valence-corrected chi connectivity index (χ3v) is 6.66. The van der Waals surface area contributed by atoms with Crippen molar-refractivity contribution in [2.75, 3.05) is 12.4 Å². The smallest absolute Gasteiger partial charge is 0.338 e. The van der Waals surface area contributed by atoms with Crippen molar-refractivity contribution in [1.82, 2.24) is 9.78 Å². The van der Waals surface area contributed by atoms with Gasteiger partial charge in [-0.05, 0) is 55.3 Å². The molecule has 4 rings (SSSR count). The van der Waals surface area contributed by atoms with E-state index in [0.717, 1.165) is 16.8 Å². The summed E-state index contributed by atoms with van der Waals surface area (Å²) in [5, 5.41) is 8.31. The number of amides is 1. The summed E-state index contributed by atoms with van der Waals surface area (Å²) >= 11 is 12.2. The van der Waals surface area contributed by atoms with Crippen molar-refractivity contribution in [3.8, 4) is 5.75 Å². The van der Waals surface area contributed by atoms with Crippen LogP contribution in [0.15, 0.2) is 66.7 Å². The van der Waals surface area contributed by atoms with Crippen LogP contribution in [0.5, 0.6) is 5.75 Å². The molecule has 0 fully saturated rings. The van der Waals surface area contributed by atoms with Gasteiger partial charge in [-0.15, -0.1) is 0 Å². The molecule has 0 bridgehead atoms. The monoisotopic (exact) mass is 537 g/mol. The van der Waals surface area contributed by atoms with Gasteiger partial charge in [-0.3, -0.25) is 9.48 Å². The molecule has 9 heteroatoms. The van der Waals surface area contributed by atoms with Crippen LogP contribution < -0.4 is 10.1 Å². The van der Waals surface area contributed by atoms with Crippen LogP contribution in [0.25, 0.3) is 0 Å². The molecule has 0 aliphatic carbocycles. The minimum Gasteiger partial charge on any atom is -0.487 e. The highest BCUT2D eigenvalue weighted by atomic mass is 35.5. The van der Waals surface area contributed by atoms with Crippen LogP contribution in [-0.4, -0.2) is 28.8 Å². The molecule has 0 radical (unpaired) electrons. The molecular formula is C28H25Cl2N3O4. The molecule has 0 saturated heterocycles. The minimum absolute atomic E-state index is 0.219. The van der Waals surface area contributed by atoms with Crippen molar-refractivity contribution < 1.29 is 19.1 Å². The number of aromatic nitrogens is 2. The maximum Gasteiger partial charge on any atom is 0.338 e. The lowest BCUT2D eigenvalue weighted by molar-refractivity contribution is 0.0599. The molecule has 190 valence electrons. The number of ether oxygens (including phenoxy) is 2. The van der Waals surface area contributed by atoms with Crippen LogP contribution >= 0.6 is 23.2 Å². The minimum atomic E-state index is -0.410. The molecule has 0 unspecified atom stereocenters. The molecule has 1 heterocycles. The molecule has 37 heavy (non-hydrogen) atoms. The third kappa shape index (κ3) is 5.96. The average Bonchev–Trinajstić information content (AvgIpc) is 3.16. The van der Waals surface area contributed by atoms with Gasteiger partial charge in [0, 0.05) is 5.56 Å². The zero-order chi connectivity index (χ0) is 26.5. The van der Waals surface area contributed by atoms with Gasteiger partial charge in [-0.1, -0.05) is 59.6 Å². The number of benzene rings is 3. The fraction of sp³-hybridized carbons (Fsp3) is 0.179. The number of esters is 1. The summed E-state index contributed by atoms with van der Waals surface area (Å²) in [5.41, 5.74) is 4.56. The van der Waals surface area contributed by atoms with Crippen LogP contribution in [0.1, 0.15) is 43.2 Å². The number of carbonyl (C=O) groups excluding carboxylic acids is 2. The first-order valence-electron chi connectivity index (χ1n) is 11.5. The second-order valence-corrected chi connectivity index (χ2v) is 9.13. The first-order valence-corrected chi connectivity index (χ1v) is 12.2. The first-order chi connectivity index (χ1) is 17.8. The maximum absolute atomic E-state index is 13.1. The third-order valence-electron chi connectivity index (χ3n) is 5.86. The number of methoxy groups -OCH3 is 1. The molecule has 1 aromatic heterocycles. The Morgan fingerprint density at radius 3 is 2.54 bits per heavy atom. The Labute approximate surface area is 224 Å². The highest BCUT2D eigenvalue weighted by molar-refractivity contribution is 6.42. The van der Waals surface area contributed by atoms with Gasteiger partial charge in [-0.25, -0.2) is 4.79 Å². The van der Waals surface area contributed by atoms with E-state index in [-0.39, 0.29) is 12.5 Å². The van der Waals surface area contributed by atoms with E-state index >= 15 is 0 Å².